The van der Waals surface area contributed by atoms with Crippen molar-refractivity contribution in [1.82, 2.24) is 9.38 Å². The van der Waals surface area contributed by atoms with Crippen LogP contribution in [0.1, 0.15) is 62.6 Å². The van der Waals surface area contributed by atoms with Crippen LogP contribution in [0.3, 0.4) is 0 Å². The number of carbonyl (C=O) groups is 2. The van der Waals surface area contributed by atoms with Crippen molar-refractivity contribution in [2.75, 3.05) is 0 Å². The fraction of sp³-hybridized carbons (Fsp3) is 0.414. The molecule has 0 saturated heterocycles. The van der Waals surface area contributed by atoms with Gasteiger partial charge >= 0.3 is 0 Å². The second-order valence-corrected chi connectivity index (χ2v) is 9.89. The van der Waals surface area contributed by atoms with E-state index in [0.717, 1.165) is 42.6 Å². The maximum Gasteiger partial charge on any atom is 0.167 e. The largest absolute Gasteiger partial charge is 0.307 e. The summed E-state index contributed by atoms with van der Waals surface area (Å²) in [6.07, 6.45) is 22.7. The zero-order valence-electron chi connectivity index (χ0n) is 19.5. The van der Waals surface area contributed by atoms with E-state index in [1.807, 2.05) is 47.0 Å². The van der Waals surface area contributed by atoms with Gasteiger partial charge in [-0.05, 0) is 67.9 Å². The van der Waals surface area contributed by atoms with E-state index >= 15 is 0 Å². The lowest BCUT2D eigenvalue weighted by molar-refractivity contribution is -0.118. The smallest absolute Gasteiger partial charge is 0.167 e. The minimum absolute atomic E-state index is 0.0381. The quantitative estimate of drug-likeness (QED) is 0.487. The molecular weight excluding hydrogens is 427 g/mol. The number of fused-ring (bicyclic) bond motifs is 2. The SMILES string of the molecule is O=C(CCc1cn2cc(CCCC3(F)CCCCC3)ccc2n1)C1=CC(=O)C2C=CC=CC2=C1. The number of hydrogen-bond acceptors (Lipinski definition) is 3. The number of allylic oxidation sites excluding steroid dienone is 8. The van der Waals surface area contributed by atoms with Gasteiger partial charge in [-0.15, -0.1) is 0 Å². The molecule has 0 radical (unpaired) electrons. The molecule has 0 aliphatic heterocycles. The maximum atomic E-state index is 14.8. The monoisotopic (exact) mass is 458 g/mol. The van der Waals surface area contributed by atoms with Crippen molar-refractivity contribution in [2.45, 2.75) is 69.9 Å². The number of pyridine rings is 1. The highest BCUT2D eigenvalue weighted by Crippen LogP contribution is 2.36. The summed E-state index contributed by atoms with van der Waals surface area (Å²) in [5, 5.41) is 0. The lowest BCUT2D eigenvalue weighted by Gasteiger charge is -2.29. The Morgan fingerprint density at radius 2 is 1.94 bits per heavy atom. The summed E-state index contributed by atoms with van der Waals surface area (Å²) in [6.45, 7) is 0. The normalized spacial score (nSPS) is 21.3. The fourth-order valence-corrected chi connectivity index (χ4v) is 5.37. The van der Waals surface area contributed by atoms with Gasteiger partial charge in [-0.3, -0.25) is 9.59 Å². The zero-order valence-corrected chi connectivity index (χ0v) is 19.5. The van der Waals surface area contributed by atoms with Crippen molar-refractivity contribution in [3.63, 3.8) is 0 Å². The van der Waals surface area contributed by atoms with Gasteiger partial charge in [-0.25, -0.2) is 9.37 Å². The van der Waals surface area contributed by atoms with E-state index in [2.05, 4.69) is 17.2 Å². The van der Waals surface area contributed by atoms with Gasteiger partial charge in [0.2, 0.25) is 0 Å². The Bertz CT molecular complexity index is 1220. The average Bonchev–Trinajstić information content (AvgIpc) is 3.25. The summed E-state index contributed by atoms with van der Waals surface area (Å²) >= 11 is 0. The number of Topliss-reactive ketones (excluding diaryl/α,β-unsaturated/α-hetero) is 1. The lowest BCUT2D eigenvalue weighted by atomic mass is 9.82. The summed E-state index contributed by atoms with van der Waals surface area (Å²) in [4.78, 5) is 29.8. The fourth-order valence-electron chi connectivity index (χ4n) is 5.37. The first-order valence-corrected chi connectivity index (χ1v) is 12.5. The molecule has 5 heteroatoms. The second-order valence-electron chi connectivity index (χ2n) is 9.89. The number of rotatable bonds is 8. The predicted molar refractivity (Wildman–Crippen MR) is 131 cm³/mol. The van der Waals surface area contributed by atoms with Gasteiger partial charge in [0.15, 0.2) is 11.6 Å². The van der Waals surface area contributed by atoms with E-state index in [0.29, 0.717) is 37.7 Å². The molecule has 0 spiro atoms. The molecule has 176 valence electrons. The number of nitrogens with zero attached hydrogens (tertiary/aromatic N) is 2. The minimum atomic E-state index is -0.962. The Morgan fingerprint density at radius 3 is 2.79 bits per heavy atom. The molecular formula is C29H31FN2O2. The van der Waals surface area contributed by atoms with Gasteiger partial charge < -0.3 is 4.40 Å². The highest BCUT2D eigenvalue weighted by molar-refractivity contribution is 6.09. The third kappa shape index (κ3) is 5.03. The molecule has 0 bridgehead atoms. The molecule has 5 rings (SSSR count). The van der Waals surface area contributed by atoms with Gasteiger partial charge in [0.25, 0.3) is 0 Å². The highest BCUT2D eigenvalue weighted by Gasteiger charge is 2.30. The van der Waals surface area contributed by atoms with Crippen molar-refractivity contribution < 1.29 is 14.0 Å². The van der Waals surface area contributed by atoms with E-state index in [9.17, 15) is 14.0 Å². The zero-order chi connectivity index (χ0) is 23.5. The summed E-state index contributed by atoms with van der Waals surface area (Å²) in [5.74, 6) is -0.334. The van der Waals surface area contributed by atoms with Crippen LogP contribution in [0.15, 0.2) is 72.1 Å². The van der Waals surface area contributed by atoms with Crippen LogP contribution in [0.25, 0.3) is 5.65 Å². The van der Waals surface area contributed by atoms with Gasteiger partial charge in [-0.1, -0.05) is 49.6 Å². The van der Waals surface area contributed by atoms with Crippen LogP contribution in [0.5, 0.6) is 0 Å². The Labute approximate surface area is 200 Å². The summed E-state index contributed by atoms with van der Waals surface area (Å²) in [7, 11) is 0. The summed E-state index contributed by atoms with van der Waals surface area (Å²) < 4.78 is 16.8. The van der Waals surface area contributed by atoms with E-state index in [4.69, 9.17) is 0 Å². The maximum absolute atomic E-state index is 14.8. The van der Waals surface area contributed by atoms with Crippen LogP contribution in [0.2, 0.25) is 0 Å². The number of carbonyl (C=O) groups excluding carboxylic acids is 2. The molecule has 1 unspecified atom stereocenters. The molecule has 3 aliphatic carbocycles. The van der Waals surface area contributed by atoms with Crippen molar-refractivity contribution in [1.29, 1.82) is 0 Å². The molecule has 2 heterocycles. The highest BCUT2D eigenvalue weighted by atomic mass is 19.1. The molecule has 3 aliphatic rings. The topological polar surface area (TPSA) is 51.4 Å². The standard InChI is InChI=1S/C29H31FN2O2/c30-29(14-4-1-5-15-29)16-6-7-21-10-13-28-31-24(20-32(28)19-21)11-12-26(33)23-17-22-8-2-3-9-25(22)27(34)18-23/h2-3,8-10,13,17-20,25H,1,4-7,11-12,14-16H2. The van der Waals surface area contributed by atoms with Gasteiger partial charge in [0, 0.05) is 24.4 Å². The first kappa shape index (κ1) is 22.7. The third-order valence-electron chi connectivity index (χ3n) is 7.32. The van der Waals surface area contributed by atoms with E-state index in [1.54, 1.807) is 0 Å². The van der Waals surface area contributed by atoms with Crippen LogP contribution in [-0.4, -0.2) is 26.6 Å². The Morgan fingerprint density at radius 1 is 1.09 bits per heavy atom. The summed E-state index contributed by atoms with van der Waals surface area (Å²) in [5.41, 5.74) is 3.26. The predicted octanol–water partition coefficient (Wildman–Crippen LogP) is 6.01. The van der Waals surface area contributed by atoms with Gasteiger partial charge in [0.05, 0.1) is 11.6 Å². The molecule has 34 heavy (non-hydrogen) atoms. The van der Waals surface area contributed by atoms with Crippen LogP contribution < -0.4 is 0 Å². The van der Waals surface area contributed by atoms with Crippen molar-refractivity contribution in [3.8, 4) is 0 Å². The molecule has 1 saturated carbocycles. The van der Waals surface area contributed by atoms with Crippen LogP contribution in [-0.2, 0) is 22.4 Å². The second kappa shape index (κ2) is 9.65. The number of aromatic nitrogens is 2. The molecule has 4 nitrogen and oxygen atoms in total. The lowest BCUT2D eigenvalue weighted by Crippen LogP contribution is -2.26. The average molecular weight is 459 g/mol. The molecule has 2 aromatic heterocycles. The Balaban J connectivity index is 1.18. The molecule has 0 amide bonds. The number of alkyl halides is 1. The van der Waals surface area contributed by atoms with Crippen LogP contribution in [0.4, 0.5) is 4.39 Å². The number of halogens is 1. The number of imidazole rings is 1. The molecule has 1 fully saturated rings. The minimum Gasteiger partial charge on any atom is -0.307 e. The first-order valence-electron chi connectivity index (χ1n) is 12.5. The Hall–Kier alpha value is -3.08. The van der Waals surface area contributed by atoms with Gasteiger partial charge in [-0.2, -0.15) is 0 Å². The number of aryl methyl sites for hydroxylation is 2. The van der Waals surface area contributed by atoms with E-state index < -0.39 is 5.67 Å². The van der Waals surface area contributed by atoms with Crippen molar-refractivity contribution >= 4 is 17.2 Å². The van der Waals surface area contributed by atoms with Gasteiger partial charge in [0.1, 0.15) is 11.3 Å². The van der Waals surface area contributed by atoms with E-state index in [-0.39, 0.29) is 17.5 Å². The first-order chi connectivity index (χ1) is 16.5. The number of ketones is 2. The molecule has 2 aromatic rings. The molecule has 1 atom stereocenters. The van der Waals surface area contributed by atoms with E-state index in [1.165, 1.54) is 18.1 Å². The van der Waals surface area contributed by atoms with Crippen LogP contribution >= 0.6 is 0 Å². The van der Waals surface area contributed by atoms with Crippen molar-refractivity contribution in [3.05, 3.63) is 83.4 Å². The third-order valence-corrected chi connectivity index (χ3v) is 7.32. The summed E-state index contributed by atoms with van der Waals surface area (Å²) in [6, 6.07) is 4.05. The Kier molecular flexibility index (Phi) is 6.44. The van der Waals surface area contributed by atoms with Crippen molar-refractivity contribution in [2.24, 2.45) is 5.92 Å². The molecule has 0 N–H and O–H groups in total. The number of hydrogen-bond donors (Lipinski definition) is 0. The molecule has 0 aromatic carbocycles. The van der Waals surface area contributed by atoms with Crippen LogP contribution in [0, 0.1) is 5.92 Å².